The second-order valence-corrected chi connectivity index (χ2v) is 6.97. The van der Waals surface area contributed by atoms with Gasteiger partial charge in [0.2, 0.25) is 9.73 Å². The van der Waals surface area contributed by atoms with Gasteiger partial charge in [0.15, 0.2) is 10.8 Å². The first kappa shape index (κ1) is 15.9. The molecule has 0 saturated heterocycles. The Morgan fingerprint density at radius 2 is 2.00 bits per heavy atom. The van der Waals surface area contributed by atoms with Gasteiger partial charge in [0.25, 0.3) is 0 Å². The van der Waals surface area contributed by atoms with Crippen molar-refractivity contribution in [2.24, 2.45) is 0 Å². The molecule has 7 nitrogen and oxygen atoms in total. The summed E-state index contributed by atoms with van der Waals surface area (Å²) < 4.78 is 8.48. The number of nitrogens with zero attached hydrogens (tertiary/aromatic N) is 5. The number of ketones is 1. The van der Waals surface area contributed by atoms with E-state index in [2.05, 4.69) is 15.4 Å². The van der Waals surface area contributed by atoms with Gasteiger partial charge in [0.1, 0.15) is 18.0 Å². The molecule has 25 heavy (non-hydrogen) atoms. The average molecular weight is 371 g/mol. The monoisotopic (exact) mass is 371 g/mol. The highest BCUT2D eigenvalue weighted by atomic mass is 32.1. The third-order valence-corrected chi connectivity index (χ3v) is 4.99. The number of fused-ring (bicyclic) bond motifs is 1. The second-order valence-electron chi connectivity index (χ2n) is 5.65. The molecule has 0 saturated carbocycles. The van der Waals surface area contributed by atoms with Crippen molar-refractivity contribution >= 4 is 34.3 Å². The minimum Gasteiger partial charge on any atom is -0.361 e. The van der Waals surface area contributed by atoms with Crippen LogP contribution in [0, 0.1) is 18.6 Å². The van der Waals surface area contributed by atoms with Crippen LogP contribution in [0.4, 0.5) is 0 Å². The molecule has 126 valence electrons. The average Bonchev–Trinajstić information content (AvgIpc) is 3.26. The van der Waals surface area contributed by atoms with E-state index in [1.807, 2.05) is 38.1 Å². The summed E-state index contributed by atoms with van der Waals surface area (Å²) in [5.74, 6) is 0.661. The normalized spacial score (nSPS) is 11.3. The van der Waals surface area contributed by atoms with Gasteiger partial charge >= 0.3 is 0 Å². The van der Waals surface area contributed by atoms with E-state index in [0.29, 0.717) is 31.8 Å². The molecular formula is C16H13N5O2S2. The number of carbonyl (C=O) groups is 1. The van der Waals surface area contributed by atoms with E-state index in [9.17, 15) is 4.79 Å². The molecule has 3 heterocycles. The number of benzene rings is 1. The molecule has 4 aromatic rings. The van der Waals surface area contributed by atoms with E-state index < -0.39 is 0 Å². The topological polar surface area (TPSA) is 78.2 Å². The van der Waals surface area contributed by atoms with E-state index in [-0.39, 0.29) is 12.3 Å². The maximum absolute atomic E-state index is 12.4. The SMILES string of the molecule is Cc1ccc(C(=O)Cn2nc3sc(-c4cc(C)on4)nn3c2=S)cc1. The Labute approximate surface area is 151 Å². The number of aryl methyl sites for hydroxylation is 2. The summed E-state index contributed by atoms with van der Waals surface area (Å²) in [6.07, 6.45) is 0. The molecule has 0 spiro atoms. The fourth-order valence-electron chi connectivity index (χ4n) is 2.37. The van der Waals surface area contributed by atoms with Crippen LogP contribution in [0.2, 0.25) is 0 Å². The molecule has 0 aliphatic rings. The lowest BCUT2D eigenvalue weighted by Gasteiger charge is -2.01. The molecule has 3 aromatic heterocycles. The highest BCUT2D eigenvalue weighted by Gasteiger charge is 2.16. The van der Waals surface area contributed by atoms with Crippen LogP contribution in [0.15, 0.2) is 34.9 Å². The molecule has 1 aromatic carbocycles. The minimum absolute atomic E-state index is 0.0470. The molecule has 0 aliphatic heterocycles. The molecule has 0 atom stereocenters. The Hall–Kier alpha value is -2.65. The number of aromatic nitrogens is 5. The van der Waals surface area contributed by atoms with E-state index in [4.69, 9.17) is 16.7 Å². The molecule has 0 bridgehead atoms. The molecule has 0 aliphatic carbocycles. The zero-order chi connectivity index (χ0) is 17.6. The highest BCUT2D eigenvalue weighted by molar-refractivity contribution is 7.71. The van der Waals surface area contributed by atoms with Crippen molar-refractivity contribution in [3.05, 3.63) is 52.0 Å². The third kappa shape index (κ3) is 2.92. The van der Waals surface area contributed by atoms with Crippen LogP contribution < -0.4 is 0 Å². The van der Waals surface area contributed by atoms with Crippen LogP contribution in [0.1, 0.15) is 21.7 Å². The van der Waals surface area contributed by atoms with Crippen molar-refractivity contribution in [3.8, 4) is 10.7 Å². The first-order valence-corrected chi connectivity index (χ1v) is 8.74. The van der Waals surface area contributed by atoms with E-state index >= 15 is 0 Å². The summed E-state index contributed by atoms with van der Waals surface area (Å²) in [7, 11) is 0. The van der Waals surface area contributed by atoms with Crippen molar-refractivity contribution in [2.75, 3.05) is 0 Å². The van der Waals surface area contributed by atoms with Gasteiger partial charge in [0.05, 0.1) is 0 Å². The van der Waals surface area contributed by atoms with Crippen LogP contribution in [-0.2, 0) is 6.54 Å². The van der Waals surface area contributed by atoms with Gasteiger partial charge in [-0.05, 0) is 26.1 Å². The third-order valence-electron chi connectivity index (χ3n) is 3.68. The second kappa shape index (κ2) is 6.01. The number of hydrogen-bond donors (Lipinski definition) is 0. The quantitative estimate of drug-likeness (QED) is 0.404. The van der Waals surface area contributed by atoms with E-state index in [0.717, 1.165) is 5.56 Å². The summed E-state index contributed by atoms with van der Waals surface area (Å²) >= 11 is 6.74. The van der Waals surface area contributed by atoms with Crippen molar-refractivity contribution in [1.82, 2.24) is 24.6 Å². The summed E-state index contributed by atoms with van der Waals surface area (Å²) in [5.41, 5.74) is 2.38. The van der Waals surface area contributed by atoms with Gasteiger partial charge in [-0.2, -0.15) is 4.52 Å². The standard InChI is InChI=1S/C16H13N5O2S2/c1-9-3-5-11(6-4-9)13(22)8-20-16(24)21-15(18-20)25-14(17-21)12-7-10(2)23-19-12/h3-7H,8H2,1-2H3. The summed E-state index contributed by atoms with van der Waals surface area (Å²) in [6, 6.07) is 9.24. The lowest BCUT2D eigenvalue weighted by atomic mass is 10.1. The summed E-state index contributed by atoms with van der Waals surface area (Å²) in [6.45, 7) is 3.88. The largest absolute Gasteiger partial charge is 0.361 e. The fourth-order valence-corrected chi connectivity index (χ4v) is 3.51. The maximum Gasteiger partial charge on any atom is 0.233 e. The molecule has 4 rings (SSSR count). The minimum atomic E-state index is -0.0470. The van der Waals surface area contributed by atoms with Gasteiger partial charge in [-0.15, -0.1) is 10.2 Å². The molecule has 0 radical (unpaired) electrons. The van der Waals surface area contributed by atoms with Gasteiger partial charge in [-0.25, -0.2) is 4.68 Å². The first-order valence-electron chi connectivity index (χ1n) is 7.51. The first-order chi connectivity index (χ1) is 12.0. The van der Waals surface area contributed by atoms with E-state index in [1.165, 1.54) is 16.0 Å². The number of rotatable bonds is 4. The number of Topliss-reactive ketones (excluding diaryl/α,β-unsaturated/α-hetero) is 1. The van der Waals surface area contributed by atoms with Crippen LogP contribution in [0.25, 0.3) is 15.7 Å². The highest BCUT2D eigenvalue weighted by Crippen LogP contribution is 2.24. The fraction of sp³-hybridized carbons (Fsp3) is 0.188. The summed E-state index contributed by atoms with van der Waals surface area (Å²) in [4.78, 5) is 13.0. The molecular weight excluding hydrogens is 358 g/mol. The van der Waals surface area contributed by atoms with Gasteiger partial charge in [0, 0.05) is 11.6 Å². The smallest absolute Gasteiger partial charge is 0.233 e. The van der Waals surface area contributed by atoms with Crippen LogP contribution in [0.3, 0.4) is 0 Å². The predicted octanol–water partition coefficient (Wildman–Crippen LogP) is 3.48. The molecule has 0 amide bonds. The molecule has 0 fully saturated rings. The zero-order valence-corrected chi connectivity index (χ0v) is 15.1. The van der Waals surface area contributed by atoms with Gasteiger partial charge in [-0.1, -0.05) is 46.3 Å². The predicted molar refractivity (Wildman–Crippen MR) is 95.4 cm³/mol. The summed E-state index contributed by atoms with van der Waals surface area (Å²) in [5, 5.41) is 13.4. The lowest BCUT2D eigenvalue weighted by molar-refractivity contribution is 0.0967. The number of carbonyl (C=O) groups excluding carboxylic acids is 1. The van der Waals surface area contributed by atoms with Crippen LogP contribution in [0.5, 0.6) is 0 Å². The molecule has 0 N–H and O–H groups in total. The lowest BCUT2D eigenvalue weighted by Crippen LogP contribution is -2.12. The maximum atomic E-state index is 12.4. The van der Waals surface area contributed by atoms with Crippen molar-refractivity contribution in [3.63, 3.8) is 0 Å². The Balaban J connectivity index is 1.64. The van der Waals surface area contributed by atoms with Crippen LogP contribution in [-0.4, -0.2) is 30.3 Å². The van der Waals surface area contributed by atoms with Crippen LogP contribution >= 0.6 is 23.6 Å². The van der Waals surface area contributed by atoms with Crippen molar-refractivity contribution < 1.29 is 9.32 Å². The number of hydrogen-bond acceptors (Lipinski definition) is 7. The Morgan fingerprint density at radius 3 is 2.64 bits per heavy atom. The molecule has 9 heteroatoms. The van der Waals surface area contributed by atoms with Gasteiger partial charge in [-0.3, -0.25) is 4.79 Å². The van der Waals surface area contributed by atoms with Gasteiger partial charge < -0.3 is 4.52 Å². The zero-order valence-electron chi connectivity index (χ0n) is 13.5. The molecule has 0 unspecified atom stereocenters. The Morgan fingerprint density at radius 1 is 1.24 bits per heavy atom. The van der Waals surface area contributed by atoms with E-state index in [1.54, 1.807) is 10.6 Å². The van der Waals surface area contributed by atoms with Crippen molar-refractivity contribution in [1.29, 1.82) is 0 Å². The van der Waals surface area contributed by atoms with Crippen molar-refractivity contribution in [2.45, 2.75) is 20.4 Å². The Bertz CT molecular complexity index is 1130. The Kier molecular flexibility index (Phi) is 3.81.